The zero-order chi connectivity index (χ0) is 66.3. The number of carboxylic acid groups (broad SMARTS) is 1. The number of hydrogen-bond donors (Lipinski definition) is 5. The Morgan fingerprint density at radius 3 is 1.23 bits per heavy atom. The lowest BCUT2D eigenvalue weighted by Gasteiger charge is -2.71. The van der Waals surface area contributed by atoms with E-state index in [-0.39, 0.29) is 108 Å². The number of hydrogen-bond acceptors (Lipinski definition) is 13. The van der Waals surface area contributed by atoms with Crippen LogP contribution < -0.4 is 21.3 Å². The summed E-state index contributed by atoms with van der Waals surface area (Å²) in [6.45, 7) is 20.9. The summed E-state index contributed by atoms with van der Waals surface area (Å²) >= 11 is 0. The van der Waals surface area contributed by atoms with Crippen molar-refractivity contribution in [1.29, 1.82) is 0 Å². The minimum absolute atomic E-state index is 0.00757. The van der Waals surface area contributed by atoms with E-state index < -0.39 is 71.3 Å². The zero-order valence-electron chi connectivity index (χ0n) is 55.4. The maximum Gasteiger partial charge on any atom is 0.408 e. The van der Waals surface area contributed by atoms with Gasteiger partial charge in [-0.2, -0.15) is 0 Å². The lowest BCUT2D eigenvalue weighted by molar-refractivity contribution is -0.171. The van der Waals surface area contributed by atoms with Crippen LogP contribution in [0, 0.1) is 10.8 Å². The number of carbonyl (C=O) groups excluding carboxylic acids is 9. The summed E-state index contributed by atoms with van der Waals surface area (Å²) < 4.78 is 15.9. The largest absolute Gasteiger partial charge is 0.480 e. The quantitative estimate of drug-likeness (QED) is 0.0700. The Morgan fingerprint density at radius 1 is 0.527 bits per heavy atom. The maximum atomic E-state index is 13.9. The average Bonchev–Trinajstić information content (AvgIpc) is 0.690. The molecule has 22 nitrogen and oxygen atoms in total. The Kier molecular flexibility index (Phi) is 19.5. The van der Waals surface area contributed by atoms with Gasteiger partial charge in [-0.15, -0.1) is 0 Å². The first-order valence-electron chi connectivity index (χ1n) is 32.8. The predicted molar refractivity (Wildman–Crippen MR) is 336 cm³/mol. The third-order valence-electron chi connectivity index (χ3n) is 20.3. The van der Waals surface area contributed by atoms with Gasteiger partial charge in [-0.3, -0.25) is 28.8 Å². The van der Waals surface area contributed by atoms with Crippen molar-refractivity contribution in [2.75, 3.05) is 20.2 Å². The molecule has 5 N–H and O–H groups in total. The van der Waals surface area contributed by atoms with Gasteiger partial charge in [-0.05, 0) is 192 Å². The SMILES string of the molecule is CC(C)(C)OC(=O)NC12CC(CC(NC(=O)[C@@H]3Cc4ccccc4CN3C(=O)CCC(=O)N3CCCCC3(C)C)C(=O)O)(C1)C2.COC(=O)C(CC12CC(NC(=O)OC(C)(C)C)(C1)C2)NC(=O)[C@@H]1Cc2ccccc2CN1C(=O)CCC(=O)N1CCCCC1(C)C. The number of methoxy groups -OCH3 is 1. The molecule has 8 amide bonds. The Morgan fingerprint density at radius 2 is 0.879 bits per heavy atom. The van der Waals surface area contributed by atoms with Gasteiger partial charge in [0.05, 0.1) is 7.11 Å². The van der Waals surface area contributed by atoms with E-state index in [9.17, 15) is 53.1 Å². The number of esters is 1. The summed E-state index contributed by atoms with van der Waals surface area (Å²) in [6.07, 6.45) is 10.2. The standard InChI is InChI=1S/C35H50N4O7.C34H48N4O7/c1-32(2,3)46-31(44)37-35-20-34(21-35,22-35)18-25(30(43)45-6)36-29(42)26-17-23-11-7-8-12-24(23)19-38(26)27(40)13-14-28(41)39-16-10-9-15-33(39,4)5;1-31(2,3)45-30(44)36-34-19-33(20-34,21-34)17-24(29(42)43)35-28(41)25-16-22-10-6-7-11-23(22)18-37(25)26(39)12-13-27(40)38-15-9-8-14-32(38,4)5/h7-8,11-12,25-26H,9-10,13-22H2,1-6H3,(H,36,42)(H,37,44);6-7,10-11,24-25H,8-9,12-21H2,1-5H3,(H,35,41)(H,36,44)(H,42,43)/t25?,26-,34?,35?;24?,25-,33?,34?/m00/s1. The summed E-state index contributed by atoms with van der Waals surface area (Å²) in [5.74, 6) is -3.27. The molecule has 4 atom stereocenters. The maximum absolute atomic E-state index is 13.9. The minimum atomic E-state index is -1.13. The summed E-state index contributed by atoms with van der Waals surface area (Å²) in [5.41, 5.74) is 0.921. The first-order chi connectivity index (χ1) is 42.5. The van der Waals surface area contributed by atoms with Crippen LogP contribution in [0.15, 0.2) is 48.5 Å². The lowest BCUT2D eigenvalue weighted by Crippen LogP contribution is -2.76. The van der Waals surface area contributed by atoms with Crippen molar-refractivity contribution >= 4 is 59.6 Å². The molecule has 4 aliphatic heterocycles. The van der Waals surface area contributed by atoms with E-state index in [4.69, 9.17) is 14.2 Å². The highest BCUT2D eigenvalue weighted by atomic mass is 16.6. The van der Waals surface area contributed by atoms with Crippen LogP contribution in [-0.4, -0.2) is 162 Å². The number of ether oxygens (including phenoxy) is 3. The van der Waals surface area contributed by atoms with Crippen molar-refractivity contribution in [1.82, 2.24) is 40.9 Å². The Labute approximate surface area is 535 Å². The predicted octanol–water partition coefficient (Wildman–Crippen LogP) is 7.92. The van der Waals surface area contributed by atoms with Crippen LogP contribution >= 0.6 is 0 Å². The van der Waals surface area contributed by atoms with E-state index in [2.05, 4.69) is 49.0 Å². The summed E-state index contributed by atoms with van der Waals surface area (Å²) in [7, 11) is 1.29. The van der Waals surface area contributed by atoms with Gasteiger partial charge in [0.15, 0.2) is 0 Å². The van der Waals surface area contributed by atoms with E-state index >= 15 is 0 Å². The van der Waals surface area contributed by atoms with Crippen molar-refractivity contribution in [3.05, 3.63) is 70.8 Å². The van der Waals surface area contributed by atoms with E-state index in [0.717, 1.165) is 60.8 Å². The molecule has 4 heterocycles. The molecule has 0 aromatic heterocycles. The van der Waals surface area contributed by atoms with Crippen molar-refractivity contribution < 1.29 is 67.3 Å². The molecule has 0 spiro atoms. The number of aliphatic carboxylic acids is 1. The molecule has 8 fully saturated rings. The topological polar surface area (TPSA) is 280 Å². The first kappa shape index (κ1) is 68.1. The smallest absolute Gasteiger partial charge is 0.408 e. The van der Waals surface area contributed by atoms with E-state index in [1.54, 1.807) is 25.7 Å². The normalized spacial score (nSPS) is 27.0. The van der Waals surface area contributed by atoms with Crippen LogP contribution in [0.4, 0.5) is 9.59 Å². The van der Waals surface area contributed by atoms with Crippen LogP contribution in [0.3, 0.4) is 0 Å². The van der Waals surface area contributed by atoms with Crippen LogP contribution in [0.2, 0.25) is 0 Å². The number of rotatable bonds is 18. The number of nitrogens with one attached hydrogen (secondary N) is 4. The number of benzene rings is 2. The van der Waals surface area contributed by atoms with Crippen molar-refractivity contribution in [2.24, 2.45) is 10.8 Å². The van der Waals surface area contributed by atoms with Crippen LogP contribution in [0.25, 0.3) is 0 Å². The van der Waals surface area contributed by atoms with Gasteiger partial charge in [0, 0.05) is 86.9 Å². The molecule has 91 heavy (non-hydrogen) atoms. The molecule has 22 heteroatoms. The molecule has 6 aliphatic carbocycles. The van der Waals surface area contributed by atoms with E-state index in [1.165, 1.54) is 12.0 Å². The number of likely N-dealkylation sites (tertiary alicyclic amines) is 2. The molecule has 0 radical (unpaired) electrons. The first-order valence-corrected chi connectivity index (χ1v) is 32.8. The Bertz CT molecular complexity index is 3120. The summed E-state index contributed by atoms with van der Waals surface area (Å²) in [5, 5.41) is 21.7. The highest BCUT2D eigenvalue weighted by molar-refractivity contribution is 5.94. The third kappa shape index (κ3) is 15.8. The molecule has 2 unspecified atom stereocenters. The molecular weight excluding hydrogens is 1160 g/mol. The second-order valence-corrected chi connectivity index (χ2v) is 30.9. The molecule has 10 aliphatic rings. The van der Waals surface area contributed by atoms with E-state index in [0.29, 0.717) is 64.5 Å². The van der Waals surface area contributed by atoms with E-state index in [1.807, 2.05) is 79.1 Å². The summed E-state index contributed by atoms with van der Waals surface area (Å²) in [4.78, 5) is 138. The fourth-order valence-electron chi connectivity index (χ4n) is 16.2. The highest BCUT2D eigenvalue weighted by Gasteiger charge is 2.70. The van der Waals surface area contributed by atoms with Crippen molar-refractivity contribution in [2.45, 2.75) is 268 Å². The zero-order valence-corrected chi connectivity index (χ0v) is 55.4. The number of nitrogens with zero attached hydrogens (tertiary/aromatic N) is 4. The Balaban J connectivity index is 0.000000215. The molecule has 6 saturated carbocycles. The minimum Gasteiger partial charge on any atom is -0.480 e. The number of piperidine rings is 2. The van der Waals surface area contributed by atoms with Crippen molar-refractivity contribution in [3.63, 3.8) is 0 Å². The van der Waals surface area contributed by atoms with Gasteiger partial charge < -0.3 is 60.2 Å². The van der Waals surface area contributed by atoms with Crippen LogP contribution in [0.5, 0.6) is 0 Å². The second-order valence-electron chi connectivity index (χ2n) is 30.9. The van der Waals surface area contributed by atoms with Crippen molar-refractivity contribution in [3.8, 4) is 0 Å². The van der Waals surface area contributed by atoms with Gasteiger partial charge in [-0.25, -0.2) is 19.2 Å². The molecule has 12 rings (SSSR count). The Hall–Kier alpha value is -7.26. The van der Waals surface area contributed by atoms with Gasteiger partial charge in [-0.1, -0.05) is 48.5 Å². The third-order valence-corrected chi connectivity index (χ3v) is 20.3. The molecule has 2 aromatic carbocycles. The molecule has 4 bridgehead atoms. The van der Waals surface area contributed by atoms with Crippen LogP contribution in [0.1, 0.15) is 207 Å². The fraction of sp³-hybridized carbons (Fsp3) is 0.681. The number of alkyl carbamates (subject to hydrolysis) is 2. The highest BCUT2D eigenvalue weighted by Crippen LogP contribution is 2.70. The van der Waals surface area contributed by atoms with Gasteiger partial charge in [0.2, 0.25) is 35.4 Å². The average molecular weight is 1260 g/mol. The number of carboxylic acids is 1. The monoisotopic (exact) mass is 1260 g/mol. The van der Waals surface area contributed by atoms with Crippen LogP contribution in [-0.2, 0) is 78.5 Å². The second kappa shape index (κ2) is 26.0. The lowest BCUT2D eigenvalue weighted by atomic mass is 9.38. The number of carbonyl (C=O) groups is 10. The molecule has 2 aromatic rings. The van der Waals surface area contributed by atoms with Gasteiger partial charge in [0.25, 0.3) is 0 Å². The number of amides is 8. The molecule has 2 saturated heterocycles. The molecule has 498 valence electrons. The molecular formula is C69H98N8O14. The van der Waals surface area contributed by atoms with Gasteiger partial charge >= 0.3 is 24.1 Å². The van der Waals surface area contributed by atoms with Gasteiger partial charge in [0.1, 0.15) is 35.4 Å². The number of fused-ring (bicyclic) bond motifs is 2. The fourth-order valence-corrected chi connectivity index (χ4v) is 16.2. The summed E-state index contributed by atoms with van der Waals surface area (Å²) in [6, 6.07) is 11.6.